The highest BCUT2D eigenvalue weighted by atomic mass is 32.2. The van der Waals surface area contributed by atoms with Crippen molar-refractivity contribution in [1.29, 1.82) is 0 Å². The van der Waals surface area contributed by atoms with E-state index >= 15 is 0 Å². The molecule has 0 aromatic heterocycles. The average Bonchev–Trinajstić information content (AvgIpc) is 2.74. The summed E-state index contributed by atoms with van der Waals surface area (Å²) in [7, 11) is -0.0487. The number of nitrogens with one attached hydrogen (secondary N) is 3. The second-order valence-corrected chi connectivity index (χ2v) is 7.64. The fourth-order valence-electron chi connectivity index (χ4n) is 2.50. The molecule has 0 spiro atoms. The third-order valence-electron chi connectivity index (χ3n) is 3.76. The Morgan fingerprint density at radius 1 is 1.26 bits per heavy atom. The zero-order valence-corrected chi connectivity index (χ0v) is 18.8. The van der Waals surface area contributed by atoms with Crippen LogP contribution in [0.5, 0.6) is 5.75 Å². The van der Waals surface area contributed by atoms with Gasteiger partial charge in [0.2, 0.25) is 5.96 Å². The lowest BCUT2D eigenvalue weighted by Crippen LogP contribution is -2.47. The van der Waals surface area contributed by atoms with Gasteiger partial charge in [-0.25, -0.2) is 22.3 Å². The Morgan fingerprint density at radius 3 is 2.58 bits per heavy atom. The molecule has 0 heterocycles. The van der Waals surface area contributed by atoms with Gasteiger partial charge >= 0.3 is 6.03 Å². The molecule has 174 valence electrons. The molecule has 1 rings (SSSR count). The summed E-state index contributed by atoms with van der Waals surface area (Å²) in [6.07, 6.45) is 2.64. The first-order valence-corrected chi connectivity index (χ1v) is 10.9. The summed E-state index contributed by atoms with van der Waals surface area (Å²) in [5, 5.41) is 4.99. The number of nitrogens with zero attached hydrogens (tertiary/aromatic N) is 1. The van der Waals surface area contributed by atoms with Crippen LogP contribution in [0.15, 0.2) is 40.0 Å². The number of carbonyl (C=O) groups is 1. The SMILES string of the molecule is CCCc1cccc(OCCF)c1S(=O)(=O)NC(=O)NC(=NC)N/C(=C\COC)OC. The van der Waals surface area contributed by atoms with Gasteiger partial charge in [-0.1, -0.05) is 25.5 Å². The monoisotopic (exact) mass is 460 g/mol. The number of sulfonamides is 1. The van der Waals surface area contributed by atoms with E-state index in [0.29, 0.717) is 18.4 Å². The highest BCUT2D eigenvalue weighted by molar-refractivity contribution is 7.90. The summed E-state index contributed by atoms with van der Waals surface area (Å²) < 4.78 is 55.6. The van der Waals surface area contributed by atoms with E-state index in [1.54, 1.807) is 18.2 Å². The van der Waals surface area contributed by atoms with E-state index in [1.165, 1.54) is 27.3 Å². The number of halogens is 1. The number of methoxy groups -OCH3 is 2. The topological polar surface area (TPSA) is 127 Å². The smallest absolute Gasteiger partial charge is 0.335 e. The second kappa shape index (κ2) is 13.4. The molecule has 31 heavy (non-hydrogen) atoms. The summed E-state index contributed by atoms with van der Waals surface area (Å²) in [4.78, 5) is 16.0. The predicted molar refractivity (Wildman–Crippen MR) is 114 cm³/mol. The Balaban J connectivity index is 3.07. The first-order chi connectivity index (χ1) is 14.8. The van der Waals surface area contributed by atoms with Gasteiger partial charge in [-0.15, -0.1) is 0 Å². The van der Waals surface area contributed by atoms with Gasteiger partial charge in [0, 0.05) is 20.2 Å². The Hall–Kier alpha value is -2.86. The van der Waals surface area contributed by atoms with E-state index in [-0.39, 0.29) is 35.7 Å². The van der Waals surface area contributed by atoms with Gasteiger partial charge in [0.25, 0.3) is 10.0 Å². The lowest BCUT2D eigenvalue weighted by Gasteiger charge is -2.17. The molecule has 0 radical (unpaired) electrons. The molecule has 1 aromatic carbocycles. The van der Waals surface area contributed by atoms with Gasteiger partial charge in [-0.05, 0) is 18.1 Å². The molecule has 0 saturated carbocycles. The maximum absolute atomic E-state index is 13.0. The number of benzene rings is 1. The molecular weight excluding hydrogens is 431 g/mol. The van der Waals surface area contributed by atoms with Crippen LogP contribution < -0.4 is 20.1 Å². The molecule has 0 bridgehead atoms. The van der Waals surface area contributed by atoms with Gasteiger partial charge < -0.3 is 14.2 Å². The van der Waals surface area contributed by atoms with E-state index in [4.69, 9.17) is 14.2 Å². The summed E-state index contributed by atoms with van der Waals surface area (Å²) >= 11 is 0. The maximum atomic E-state index is 13.0. The van der Waals surface area contributed by atoms with Gasteiger partial charge in [-0.2, -0.15) is 0 Å². The van der Waals surface area contributed by atoms with Crippen molar-refractivity contribution in [3.05, 3.63) is 35.7 Å². The van der Waals surface area contributed by atoms with Crippen molar-refractivity contribution in [2.75, 3.05) is 41.2 Å². The third-order valence-corrected chi connectivity index (χ3v) is 5.22. The van der Waals surface area contributed by atoms with Crippen molar-refractivity contribution in [2.45, 2.75) is 24.7 Å². The van der Waals surface area contributed by atoms with Crippen LogP contribution in [0.1, 0.15) is 18.9 Å². The van der Waals surface area contributed by atoms with Crippen molar-refractivity contribution < 1.29 is 31.8 Å². The molecule has 0 fully saturated rings. The number of amides is 2. The molecular formula is C19H29FN4O6S. The molecule has 2 amide bonds. The van der Waals surface area contributed by atoms with Crippen LogP contribution >= 0.6 is 0 Å². The zero-order chi connectivity index (χ0) is 23.3. The van der Waals surface area contributed by atoms with Crippen molar-refractivity contribution >= 4 is 22.0 Å². The van der Waals surface area contributed by atoms with Gasteiger partial charge in [0.1, 0.15) is 23.9 Å². The van der Waals surface area contributed by atoms with E-state index in [1.807, 2.05) is 11.6 Å². The predicted octanol–water partition coefficient (Wildman–Crippen LogP) is 1.68. The first-order valence-electron chi connectivity index (χ1n) is 9.44. The Morgan fingerprint density at radius 2 is 2.00 bits per heavy atom. The maximum Gasteiger partial charge on any atom is 0.335 e. The number of hydrogen-bond acceptors (Lipinski definition) is 7. The van der Waals surface area contributed by atoms with E-state index in [0.717, 1.165) is 0 Å². The van der Waals surface area contributed by atoms with Crippen LogP contribution in [0.2, 0.25) is 0 Å². The molecule has 1 aromatic rings. The minimum absolute atomic E-state index is 0.0319. The average molecular weight is 461 g/mol. The summed E-state index contributed by atoms with van der Waals surface area (Å²) in [5.74, 6) is 0.143. The molecule has 3 N–H and O–H groups in total. The van der Waals surface area contributed by atoms with Crippen molar-refractivity contribution in [3.63, 3.8) is 0 Å². The van der Waals surface area contributed by atoms with Gasteiger partial charge in [0.15, 0.2) is 5.88 Å². The molecule has 0 aliphatic carbocycles. The number of ether oxygens (including phenoxy) is 3. The largest absolute Gasteiger partial charge is 0.489 e. The fourth-order valence-corrected chi connectivity index (χ4v) is 3.81. The molecule has 0 saturated heterocycles. The quantitative estimate of drug-likeness (QED) is 0.260. The zero-order valence-electron chi connectivity index (χ0n) is 18.0. The summed E-state index contributed by atoms with van der Waals surface area (Å²) in [6.45, 7) is 1.02. The highest BCUT2D eigenvalue weighted by Crippen LogP contribution is 2.28. The number of urea groups is 1. The molecule has 0 atom stereocenters. The highest BCUT2D eigenvalue weighted by Gasteiger charge is 2.26. The number of alkyl halides is 1. The van der Waals surface area contributed by atoms with Crippen LogP contribution in [0.3, 0.4) is 0 Å². The molecule has 0 aliphatic heterocycles. The molecule has 12 heteroatoms. The Labute approximate surface area is 181 Å². The van der Waals surface area contributed by atoms with E-state index in [9.17, 15) is 17.6 Å². The van der Waals surface area contributed by atoms with Crippen molar-refractivity contribution in [3.8, 4) is 5.75 Å². The van der Waals surface area contributed by atoms with Crippen LogP contribution in [0.4, 0.5) is 9.18 Å². The number of aliphatic imine (C=N–C) groups is 1. The van der Waals surface area contributed by atoms with Gasteiger partial charge in [0.05, 0.1) is 13.7 Å². The number of aryl methyl sites for hydroxylation is 1. The Kier molecular flexibility index (Phi) is 11.4. The summed E-state index contributed by atoms with van der Waals surface area (Å²) in [6, 6.07) is 3.58. The number of hydrogen-bond donors (Lipinski definition) is 3. The second-order valence-electron chi connectivity index (χ2n) is 6.02. The minimum Gasteiger partial charge on any atom is -0.489 e. The van der Waals surface area contributed by atoms with Crippen LogP contribution in [-0.2, 0) is 25.9 Å². The van der Waals surface area contributed by atoms with E-state index < -0.39 is 22.7 Å². The van der Waals surface area contributed by atoms with Crippen LogP contribution in [0, 0.1) is 0 Å². The number of carbonyl (C=O) groups excluding carboxylic acids is 1. The third kappa shape index (κ3) is 8.42. The summed E-state index contributed by atoms with van der Waals surface area (Å²) in [5.41, 5.74) is 0.450. The molecule has 0 unspecified atom stereocenters. The lowest BCUT2D eigenvalue weighted by atomic mass is 10.1. The van der Waals surface area contributed by atoms with Crippen molar-refractivity contribution in [2.24, 2.45) is 4.99 Å². The normalized spacial score (nSPS) is 12.3. The van der Waals surface area contributed by atoms with Crippen LogP contribution in [0.25, 0.3) is 0 Å². The first kappa shape index (κ1) is 26.2. The van der Waals surface area contributed by atoms with E-state index in [2.05, 4.69) is 15.6 Å². The Bertz CT molecular complexity index is 889. The standard InChI is InChI=1S/C19H29FN4O6S/c1-5-7-14-8-6-9-15(30-13-11-20)17(14)31(26,27)24-19(25)23-18(21-2)22-16(29-4)10-12-28-3/h6,8-10H,5,7,11-13H2,1-4H3,(H3,21,22,23,24,25)/b16-10+. The number of rotatable bonds is 11. The van der Waals surface area contributed by atoms with Gasteiger partial charge in [-0.3, -0.25) is 15.6 Å². The minimum atomic E-state index is -4.33. The molecule has 10 nitrogen and oxygen atoms in total. The fraction of sp³-hybridized carbons (Fsp3) is 0.474. The van der Waals surface area contributed by atoms with Crippen molar-refractivity contribution in [1.82, 2.24) is 15.4 Å². The lowest BCUT2D eigenvalue weighted by molar-refractivity contribution is 0.220. The number of guanidine groups is 1. The molecule has 0 aliphatic rings. The van der Waals surface area contributed by atoms with Crippen LogP contribution in [-0.4, -0.2) is 61.6 Å².